The molecule has 0 amide bonds. The maximum atomic E-state index is 11.8. The third-order valence-corrected chi connectivity index (χ3v) is 2.93. The smallest absolute Gasteiger partial charge is 0.389 e. The molecule has 16 heavy (non-hydrogen) atoms. The summed E-state index contributed by atoms with van der Waals surface area (Å²) < 4.78 is 39.7. The fraction of sp³-hybridized carbons (Fsp3) is 0.889. The minimum atomic E-state index is -4.08. The van der Waals surface area contributed by atoms with E-state index in [0.29, 0.717) is 17.9 Å². The molecule has 0 saturated heterocycles. The summed E-state index contributed by atoms with van der Waals surface area (Å²) in [5.41, 5.74) is 5.44. The van der Waals surface area contributed by atoms with Gasteiger partial charge in [0.25, 0.3) is 0 Å². The van der Waals surface area contributed by atoms with Gasteiger partial charge in [-0.15, -0.1) is 0 Å². The molecule has 0 aromatic rings. The van der Waals surface area contributed by atoms with Crippen molar-refractivity contribution in [2.24, 2.45) is 5.73 Å². The fourth-order valence-corrected chi connectivity index (χ4v) is 1.93. The van der Waals surface area contributed by atoms with Crippen molar-refractivity contribution in [3.8, 4) is 0 Å². The van der Waals surface area contributed by atoms with Crippen molar-refractivity contribution in [2.45, 2.75) is 31.5 Å². The zero-order chi connectivity index (χ0) is 12.6. The molecule has 7 heteroatoms. The molecule has 3 nitrogen and oxygen atoms in total. The maximum absolute atomic E-state index is 11.8. The molecule has 0 fully saturated rings. The summed E-state index contributed by atoms with van der Waals surface area (Å²) in [5, 5.41) is 0. The van der Waals surface area contributed by atoms with Crippen molar-refractivity contribution in [3.05, 3.63) is 0 Å². The van der Waals surface area contributed by atoms with Gasteiger partial charge in [0.15, 0.2) is 0 Å². The van der Waals surface area contributed by atoms with E-state index in [2.05, 4.69) is 4.74 Å². The largest absolute Gasteiger partial charge is 0.468 e. The van der Waals surface area contributed by atoms with Gasteiger partial charge in [0.1, 0.15) is 6.04 Å². The zero-order valence-electron chi connectivity index (χ0n) is 9.05. The van der Waals surface area contributed by atoms with Crippen LogP contribution in [0.5, 0.6) is 0 Å². The highest BCUT2D eigenvalue weighted by atomic mass is 32.2. The molecule has 0 rings (SSSR count). The minimum Gasteiger partial charge on any atom is -0.468 e. The lowest BCUT2D eigenvalue weighted by Crippen LogP contribution is -2.32. The number of methoxy groups -OCH3 is 1. The second-order valence-electron chi connectivity index (χ2n) is 3.25. The molecule has 0 bridgehead atoms. The molecular formula is C9H16F3NO2S. The van der Waals surface area contributed by atoms with E-state index < -0.39 is 24.6 Å². The van der Waals surface area contributed by atoms with E-state index in [1.807, 2.05) is 0 Å². The first-order chi connectivity index (χ1) is 7.37. The topological polar surface area (TPSA) is 52.3 Å². The number of ether oxygens (including phenoxy) is 1. The summed E-state index contributed by atoms with van der Waals surface area (Å²) in [6.07, 6.45) is -4.32. The van der Waals surface area contributed by atoms with Crippen LogP contribution in [0.15, 0.2) is 0 Å². The molecule has 1 unspecified atom stereocenters. The number of halogens is 3. The van der Waals surface area contributed by atoms with Crippen LogP contribution in [0, 0.1) is 0 Å². The van der Waals surface area contributed by atoms with Crippen LogP contribution in [-0.4, -0.2) is 36.8 Å². The average molecular weight is 259 g/mol. The number of nitrogens with two attached hydrogens (primary N) is 1. The second-order valence-corrected chi connectivity index (χ2v) is 4.47. The predicted octanol–water partition coefficient (Wildman–Crippen LogP) is 1.95. The van der Waals surface area contributed by atoms with Gasteiger partial charge in [-0.3, -0.25) is 4.79 Å². The molecule has 0 aliphatic heterocycles. The molecule has 1 atom stereocenters. The Morgan fingerprint density at radius 3 is 2.56 bits per heavy atom. The number of carbonyl (C=O) groups is 1. The fourth-order valence-electron chi connectivity index (χ4n) is 0.956. The van der Waals surface area contributed by atoms with Crippen LogP contribution in [0.25, 0.3) is 0 Å². The van der Waals surface area contributed by atoms with Gasteiger partial charge in [0.05, 0.1) is 7.11 Å². The van der Waals surface area contributed by atoms with Crippen molar-refractivity contribution >= 4 is 17.7 Å². The van der Waals surface area contributed by atoms with Crippen molar-refractivity contribution < 1.29 is 22.7 Å². The highest BCUT2D eigenvalue weighted by molar-refractivity contribution is 7.99. The number of carbonyl (C=O) groups excluding carboxylic acids is 1. The molecular weight excluding hydrogens is 243 g/mol. The van der Waals surface area contributed by atoms with Gasteiger partial charge in [-0.05, 0) is 24.3 Å². The lowest BCUT2D eigenvalue weighted by Gasteiger charge is -2.09. The molecule has 0 aromatic carbocycles. The highest BCUT2D eigenvalue weighted by Gasteiger charge is 2.25. The number of hydrogen-bond acceptors (Lipinski definition) is 4. The molecule has 0 aliphatic rings. The Morgan fingerprint density at radius 2 is 2.06 bits per heavy atom. The quantitative estimate of drug-likeness (QED) is 0.561. The summed E-state index contributed by atoms with van der Waals surface area (Å²) in [6.45, 7) is 0. The van der Waals surface area contributed by atoms with Crippen molar-refractivity contribution in [2.75, 3.05) is 18.6 Å². The Bertz CT molecular complexity index is 211. The first-order valence-electron chi connectivity index (χ1n) is 4.84. The van der Waals surface area contributed by atoms with Gasteiger partial charge < -0.3 is 10.5 Å². The Hall–Kier alpha value is -0.430. The van der Waals surface area contributed by atoms with Crippen LogP contribution in [0.2, 0.25) is 0 Å². The second kappa shape index (κ2) is 7.78. The van der Waals surface area contributed by atoms with Crippen LogP contribution in [-0.2, 0) is 9.53 Å². The summed E-state index contributed by atoms with van der Waals surface area (Å²) in [4.78, 5) is 10.9. The molecule has 0 spiro atoms. The molecule has 96 valence electrons. The van der Waals surface area contributed by atoms with Gasteiger partial charge in [-0.1, -0.05) is 0 Å². The van der Waals surface area contributed by atoms with Crippen LogP contribution >= 0.6 is 11.8 Å². The van der Waals surface area contributed by atoms with Gasteiger partial charge in [-0.25, -0.2) is 0 Å². The van der Waals surface area contributed by atoms with Gasteiger partial charge in [0.2, 0.25) is 0 Å². The van der Waals surface area contributed by atoms with E-state index in [1.54, 1.807) is 0 Å². The first-order valence-corrected chi connectivity index (χ1v) is 6.00. The van der Waals surface area contributed by atoms with E-state index in [-0.39, 0.29) is 6.42 Å². The van der Waals surface area contributed by atoms with Crippen molar-refractivity contribution in [3.63, 3.8) is 0 Å². The number of hydrogen-bond donors (Lipinski definition) is 1. The summed E-state index contributed by atoms with van der Waals surface area (Å²) in [6, 6.07) is -0.680. The molecule has 0 saturated carbocycles. The Kier molecular flexibility index (Phi) is 7.57. The third kappa shape index (κ3) is 8.84. The third-order valence-electron chi connectivity index (χ3n) is 1.83. The Morgan fingerprint density at radius 1 is 1.44 bits per heavy atom. The van der Waals surface area contributed by atoms with Crippen LogP contribution < -0.4 is 5.73 Å². The normalized spacial score (nSPS) is 13.6. The first kappa shape index (κ1) is 15.6. The van der Waals surface area contributed by atoms with E-state index in [9.17, 15) is 18.0 Å². The average Bonchev–Trinajstić information content (AvgIpc) is 2.20. The summed E-state index contributed by atoms with van der Waals surface area (Å²) in [5.74, 6) is 0.498. The SMILES string of the molecule is COC(=O)C(N)CCSCCCC(F)(F)F. The van der Waals surface area contributed by atoms with Gasteiger partial charge in [0, 0.05) is 6.42 Å². The van der Waals surface area contributed by atoms with E-state index in [4.69, 9.17) is 5.73 Å². The summed E-state index contributed by atoms with van der Waals surface area (Å²) >= 11 is 1.36. The Balaban J connectivity index is 3.37. The summed E-state index contributed by atoms with van der Waals surface area (Å²) in [7, 11) is 1.25. The van der Waals surface area contributed by atoms with Crippen LogP contribution in [0.4, 0.5) is 13.2 Å². The number of rotatable bonds is 7. The lowest BCUT2D eigenvalue weighted by molar-refractivity contribution is -0.142. The molecule has 0 aliphatic carbocycles. The Labute approximate surface area is 96.9 Å². The highest BCUT2D eigenvalue weighted by Crippen LogP contribution is 2.22. The standard InChI is InChI=1S/C9H16F3NO2S/c1-15-8(14)7(13)3-6-16-5-2-4-9(10,11)12/h7H,2-6,13H2,1H3. The number of esters is 1. The van der Waals surface area contributed by atoms with Crippen molar-refractivity contribution in [1.29, 1.82) is 0 Å². The predicted molar refractivity (Wildman–Crippen MR) is 57.2 cm³/mol. The number of alkyl halides is 3. The molecule has 0 radical (unpaired) electrons. The zero-order valence-corrected chi connectivity index (χ0v) is 9.87. The van der Waals surface area contributed by atoms with E-state index in [0.717, 1.165) is 0 Å². The van der Waals surface area contributed by atoms with Gasteiger partial charge in [-0.2, -0.15) is 24.9 Å². The molecule has 0 heterocycles. The van der Waals surface area contributed by atoms with Crippen LogP contribution in [0.1, 0.15) is 19.3 Å². The number of thioether (sulfide) groups is 1. The van der Waals surface area contributed by atoms with Gasteiger partial charge >= 0.3 is 12.1 Å². The lowest BCUT2D eigenvalue weighted by atomic mass is 10.2. The van der Waals surface area contributed by atoms with E-state index in [1.165, 1.54) is 18.9 Å². The molecule has 0 aromatic heterocycles. The van der Waals surface area contributed by atoms with Crippen molar-refractivity contribution in [1.82, 2.24) is 0 Å². The van der Waals surface area contributed by atoms with Crippen LogP contribution in [0.3, 0.4) is 0 Å². The molecule has 2 N–H and O–H groups in total. The minimum absolute atomic E-state index is 0.0988. The monoisotopic (exact) mass is 259 g/mol. The van der Waals surface area contributed by atoms with E-state index >= 15 is 0 Å². The maximum Gasteiger partial charge on any atom is 0.389 e.